The summed E-state index contributed by atoms with van der Waals surface area (Å²) in [6.45, 7) is 3.44. The Labute approximate surface area is 230 Å². The van der Waals surface area contributed by atoms with Crippen molar-refractivity contribution in [2.24, 2.45) is 0 Å². The van der Waals surface area contributed by atoms with Gasteiger partial charge in [0.25, 0.3) is 0 Å². The molecular formula is C24H22ClFN6O2S3. The molecule has 0 radical (unpaired) electrons. The summed E-state index contributed by atoms with van der Waals surface area (Å²) in [7, 11) is 0. The largest absolute Gasteiger partial charge is 0.340 e. The average molecular weight is 577 g/mol. The maximum Gasteiger partial charge on any atom is 0.249 e. The Morgan fingerprint density at radius 2 is 2.00 bits per heavy atom. The lowest BCUT2D eigenvalue weighted by Crippen LogP contribution is -2.26. The molecule has 0 spiro atoms. The number of thioether (sulfide) groups is 1. The number of Topliss-reactive ketones (excluding diaryl/α,β-unsaturated/α-hetero) is 1. The molecule has 1 unspecified atom stereocenters. The summed E-state index contributed by atoms with van der Waals surface area (Å²) < 4.78 is 16.3. The first-order valence-electron chi connectivity index (χ1n) is 11.2. The van der Waals surface area contributed by atoms with Gasteiger partial charge in [0.2, 0.25) is 5.91 Å². The fourth-order valence-electron chi connectivity index (χ4n) is 3.45. The summed E-state index contributed by atoms with van der Waals surface area (Å²) >= 11 is 14.1. The Morgan fingerprint density at radius 1 is 1.22 bits per heavy atom. The molecular weight excluding hydrogens is 555 g/mol. The van der Waals surface area contributed by atoms with Crippen LogP contribution in [0.2, 0.25) is 5.02 Å². The second kappa shape index (κ2) is 12.1. The number of carbonyl (C=O) groups excluding carboxylic acids is 2. The number of aromatic nitrogens is 4. The number of amides is 1. The summed E-state index contributed by atoms with van der Waals surface area (Å²) in [5, 5.41) is 11.2. The lowest BCUT2D eigenvalue weighted by Gasteiger charge is -2.16. The molecule has 0 fully saturated rings. The van der Waals surface area contributed by atoms with Gasteiger partial charge in [-0.3, -0.25) is 9.59 Å². The Morgan fingerprint density at radius 3 is 2.73 bits per heavy atom. The van der Waals surface area contributed by atoms with Gasteiger partial charge in [0, 0.05) is 28.9 Å². The van der Waals surface area contributed by atoms with Crippen molar-refractivity contribution in [2.75, 3.05) is 16.4 Å². The zero-order valence-electron chi connectivity index (χ0n) is 19.8. The predicted molar refractivity (Wildman–Crippen MR) is 149 cm³/mol. The molecule has 0 saturated heterocycles. The highest BCUT2D eigenvalue weighted by molar-refractivity contribution is 8.01. The number of carbonyl (C=O) groups is 2. The normalized spacial score (nSPS) is 11.9. The molecule has 0 saturated carbocycles. The van der Waals surface area contributed by atoms with Gasteiger partial charge in [0.1, 0.15) is 29.8 Å². The van der Waals surface area contributed by atoms with E-state index in [4.69, 9.17) is 23.8 Å². The zero-order valence-corrected chi connectivity index (χ0v) is 23.0. The van der Waals surface area contributed by atoms with Crippen LogP contribution in [-0.4, -0.2) is 37.2 Å². The molecule has 0 aliphatic rings. The van der Waals surface area contributed by atoms with Crippen LogP contribution in [0.3, 0.4) is 0 Å². The van der Waals surface area contributed by atoms with Gasteiger partial charge < -0.3 is 10.6 Å². The second-order valence-electron chi connectivity index (χ2n) is 8.00. The highest BCUT2D eigenvalue weighted by atomic mass is 35.5. The highest BCUT2D eigenvalue weighted by Gasteiger charge is 2.22. The maximum absolute atomic E-state index is 13.5. The molecule has 0 bridgehead atoms. The molecule has 4 aromatic rings. The molecule has 13 heteroatoms. The standard InChI is InChI=1S/C24H22ClFN6O2S3/c1-3-20(32-24(35)37-23(31-32)36-9-8-13(2)33)22(34)30-14-5-7-19-16(10-14)21(28-12-27-19)29-15-4-6-18(26)17(25)11-15/h4-7,10-12,20H,3,8-9H2,1-2H3,(H,30,34)(H,27,28,29). The van der Waals surface area contributed by atoms with Crippen LogP contribution in [0.15, 0.2) is 47.1 Å². The third-order valence-electron chi connectivity index (χ3n) is 5.30. The molecule has 2 N–H and O–H groups in total. The summed E-state index contributed by atoms with van der Waals surface area (Å²) in [4.78, 5) is 33.0. The summed E-state index contributed by atoms with van der Waals surface area (Å²) in [5.41, 5.74) is 1.76. The minimum atomic E-state index is -0.604. The van der Waals surface area contributed by atoms with Gasteiger partial charge in [-0.1, -0.05) is 41.6 Å². The summed E-state index contributed by atoms with van der Waals surface area (Å²) in [6.07, 6.45) is 2.35. The number of anilines is 3. The van der Waals surface area contributed by atoms with E-state index in [1.807, 2.05) is 6.92 Å². The van der Waals surface area contributed by atoms with Crippen LogP contribution < -0.4 is 10.6 Å². The van der Waals surface area contributed by atoms with E-state index < -0.39 is 11.9 Å². The van der Waals surface area contributed by atoms with Crippen LogP contribution in [0.5, 0.6) is 0 Å². The molecule has 2 aromatic carbocycles. The van der Waals surface area contributed by atoms with E-state index in [2.05, 4.69) is 25.7 Å². The third-order valence-corrected chi connectivity index (χ3v) is 7.99. The Balaban J connectivity index is 1.54. The van der Waals surface area contributed by atoms with Gasteiger partial charge >= 0.3 is 0 Å². The lowest BCUT2D eigenvalue weighted by atomic mass is 10.1. The van der Waals surface area contributed by atoms with Crippen molar-refractivity contribution in [1.82, 2.24) is 19.7 Å². The van der Waals surface area contributed by atoms with Gasteiger partial charge in [-0.2, -0.15) is 5.10 Å². The summed E-state index contributed by atoms with van der Waals surface area (Å²) in [5.74, 6) is 0.421. The van der Waals surface area contributed by atoms with E-state index in [0.717, 1.165) is 4.34 Å². The number of nitrogens with zero attached hydrogens (tertiary/aromatic N) is 4. The number of fused-ring (bicyclic) bond motifs is 1. The quantitative estimate of drug-likeness (QED) is 0.157. The molecule has 2 aromatic heterocycles. The fourth-order valence-corrected chi connectivity index (χ4v) is 6.16. The molecule has 192 valence electrons. The van der Waals surface area contributed by atoms with Crippen molar-refractivity contribution in [3.63, 3.8) is 0 Å². The Hall–Kier alpha value is -2.93. The van der Waals surface area contributed by atoms with Crippen molar-refractivity contribution in [3.8, 4) is 0 Å². The molecule has 0 aliphatic carbocycles. The molecule has 0 aliphatic heterocycles. The minimum absolute atomic E-state index is 0.0111. The molecule has 1 amide bonds. The Bertz CT molecular complexity index is 1530. The van der Waals surface area contributed by atoms with Gasteiger partial charge in [-0.25, -0.2) is 19.0 Å². The van der Waals surface area contributed by atoms with Gasteiger partial charge in [-0.05, 0) is 62.0 Å². The topological polar surface area (TPSA) is 102 Å². The van der Waals surface area contributed by atoms with Gasteiger partial charge in [0.05, 0.1) is 10.5 Å². The smallest absolute Gasteiger partial charge is 0.249 e. The third kappa shape index (κ3) is 6.69. The van der Waals surface area contributed by atoms with E-state index in [1.165, 1.54) is 41.6 Å². The van der Waals surface area contributed by atoms with Crippen LogP contribution in [0.25, 0.3) is 10.9 Å². The van der Waals surface area contributed by atoms with E-state index in [9.17, 15) is 14.0 Å². The highest BCUT2D eigenvalue weighted by Crippen LogP contribution is 2.29. The van der Waals surface area contributed by atoms with Gasteiger partial charge in [-0.15, -0.1) is 0 Å². The maximum atomic E-state index is 13.5. The molecule has 1 atom stereocenters. The van der Waals surface area contributed by atoms with Crippen LogP contribution in [-0.2, 0) is 9.59 Å². The molecule has 2 heterocycles. The van der Waals surface area contributed by atoms with E-state index in [0.29, 0.717) is 50.6 Å². The number of hydrogen-bond donors (Lipinski definition) is 2. The number of rotatable bonds is 10. The number of nitrogens with one attached hydrogen (secondary N) is 2. The second-order valence-corrected chi connectivity index (χ2v) is 11.4. The van der Waals surface area contributed by atoms with Crippen molar-refractivity contribution in [1.29, 1.82) is 0 Å². The van der Waals surface area contributed by atoms with E-state index in [1.54, 1.807) is 35.9 Å². The first-order valence-corrected chi connectivity index (χ1v) is 13.8. The Kier molecular flexibility index (Phi) is 8.85. The molecule has 37 heavy (non-hydrogen) atoms. The van der Waals surface area contributed by atoms with Gasteiger partial charge in [0.15, 0.2) is 8.29 Å². The fraction of sp³-hybridized carbons (Fsp3) is 0.250. The van der Waals surface area contributed by atoms with E-state index >= 15 is 0 Å². The van der Waals surface area contributed by atoms with Crippen LogP contribution in [0, 0.1) is 9.77 Å². The first kappa shape index (κ1) is 27.1. The number of benzene rings is 2. The van der Waals surface area contributed by atoms with Crippen LogP contribution >= 0.6 is 46.9 Å². The van der Waals surface area contributed by atoms with Crippen molar-refractivity contribution < 1.29 is 14.0 Å². The lowest BCUT2D eigenvalue weighted by molar-refractivity contribution is -0.119. The zero-order chi connectivity index (χ0) is 26.5. The van der Waals surface area contributed by atoms with Crippen molar-refractivity contribution >= 4 is 86.7 Å². The monoisotopic (exact) mass is 576 g/mol. The van der Waals surface area contributed by atoms with Crippen LogP contribution in [0.4, 0.5) is 21.6 Å². The van der Waals surface area contributed by atoms with Crippen molar-refractivity contribution in [2.45, 2.75) is 37.1 Å². The molecule has 8 nitrogen and oxygen atoms in total. The predicted octanol–water partition coefficient (Wildman–Crippen LogP) is 6.81. The van der Waals surface area contributed by atoms with Crippen molar-refractivity contribution in [3.05, 3.63) is 57.5 Å². The SMILES string of the molecule is CCC(C(=O)Nc1ccc2ncnc(Nc3ccc(F)c(Cl)c3)c2c1)n1nc(SCCC(C)=O)sc1=S. The molecule has 4 rings (SSSR count). The number of halogens is 2. The first-order chi connectivity index (χ1) is 17.7. The summed E-state index contributed by atoms with van der Waals surface area (Å²) in [6, 6.07) is 8.96. The average Bonchev–Trinajstić information content (AvgIpc) is 3.22. The minimum Gasteiger partial charge on any atom is -0.340 e. The number of hydrogen-bond acceptors (Lipinski definition) is 9. The van der Waals surface area contributed by atoms with Crippen LogP contribution in [0.1, 0.15) is 32.7 Å². The van der Waals surface area contributed by atoms with E-state index in [-0.39, 0.29) is 16.7 Å². The number of ketones is 1.